The van der Waals surface area contributed by atoms with Crippen LogP contribution in [0.2, 0.25) is 0 Å². The third kappa shape index (κ3) is 6.19. The quantitative estimate of drug-likeness (QED) is 0.157. The van der Waals surface area contributed by atoms with E-state index in [9.17, 15) is 0 Å². The van der Waals surface area contributed by atoms with Gasteiger partial charge in [0.05, 0.1) is 0 Å². The van der Waals surface area contributed by atoms with Crippen molar-refractivity contribution in [3.63, 3.8) is 0 Å². The molecule has 3 aliphatic carbocycles. The first-order valence-corrected chi connectivity index (χ1v) is 22.3. The van der Waals surface area contributed by atoms with Crippen molar-refractivity contribution in [1.82, 2.24) is 0 Å². The molecule has 0 radical (unpaired) electrons. The van der Waals surface area contributed by atoms with Gasteiger partial charge in [-0.2, -0.15) is 0 Å². The maximum Gasteiger partial charge on any atom is 0.0355 e. The van der Waals surface area contributed by atoms with Crippen LogP contribution in [0.1, 0.15) is 62.3 Å². The van der Waals surface area contributed by atoms with Gasteiger partial charge in [-0.3, -0.25) is 0 Å². The summed E-state index contributed by atoms with van der Waals surface area (Å²) < 4.78 is 2.65. The fraction of sp³-hybridized carbons (Fsp3) is 0.0667. The molecule has 288 valence electrons. The molecule has 4 atom stereocenters. The summed E-state index contributed by atoms with van der Waals surface area (Å²) in [4.78, 5) is 0. The Balaban J connectivity index is 0.942. The highest BCUT2D eigenvalue weighted by Crippen LogP contribution is 2.52. The standard InChI is InChI=1S/C60H42S/c1-3-15-39(16-4-1)43-30-33-56-54(37-43)55-38-44(31-34-57(55)61-56)42-20-13-22-46(35-42)59-50-25-9-11-27-52(50)60(53-28-12-10-26-51(53)59)47-23-14-21-45(36-47)49-32-29-40-17-7-8-24-48(40)58(49)41-18-5-2-6-19-41/h1-38,49-50,58-59H. The third-order valence-electron chi connectivity index (χ3n) is 13.3. The van der Waals surface area contributed by atoms with E-state index in [1.165, 1.54) is 98.1 Å². The van der Waals surface area contributed by atoms with Crippen LogP contribution in [-0.2, 0) is 0 Å². The molecule has 0 nitrogen and oxygen atoms in total. The number of thiophene rings is 1. The van der Waals surface area contributed by atoms with Crippen molar-refractivity contribution in [1.29, 1.82) is 0 Å². The highest BCUT2D eigenvalue weighted by atomic mass is 32.1. The van der Waals surface area contributed by atoms with Crippen molar-refractivity contribution < 1.29 is 0 Å². The summed E-state index contributed by atoms with van der Waals surface area (Å²) >= 11 is 1.88. The van der Waals surface area contributed by atoms with Gasteiger partial charge in [-0.1, -0.05) is 206 Å². The smallest absolute Gasteiger partial charge is 0.0355 e. The molecule has 12 rings (SSSR count). The normalized spacial score (nSPS) is 18.9. The number of allylic oxidation sites excluding steroid dienone is 6. The van der Waals surface area contributed by atoms with Crippen LogP contribution >= 0.6 is 11.3 Å². The molecule has 4 unspecified atom stereocenters. The van der Waals surface area contributed by atoms with Crippen molar-refractivity contribution in [3.8, 4) is 22.3 Å². The second-order valence-electron chi connectivity index (χ2n) is 16.7. The van der Waals surface area contributed by atoms with Crippen molar-refractivity contribution >= 4 is 43.2 Å². The zero-order chi connectivity index (χ0) is 40.3. The number of hydrogen-bond acceptors (Lipinski definition) is 1. The summed E-state index contributed by atoms with van der Waals surface area (Å²) in [5.74, 6) is 0.833. The molecular weight excluding hydrogens is 753 g/mol. The Hall–Kier alpha value is -7.06. The van der Waals surface area contributed by atoms with E-state index < -0.39 is 0 Å². The lowest BCUT2D eigenvalue weighted by molar-refractivity contribution is 0.649. The molecule has 0 fully saturated rings. The van der Waals surface area contributed by atoms with Crippen LogP contribution in [0.4, 0.5) is 0 Å². The maximum atomic E-state index is 2.48. The van der Waals surface area contributed by atoms with E-state index in [2.05, 4.69) is 231 Å². The Morgan fingerprint density at radius 2 is 0.951 bits per heavy atom. The molecule has 3 aliphatic rings. The average Bonchev–Trinajstić information content (AvgIpc) is 3.71. The van der Waals surface area contributed by atoms with Gasteiger partial charge >= 0.3 is 0 Å². The lowest BCUT2D eigenvalue weighted by atomic mass is 9.66. The Morgan fingerprint density at radius 1 is 0.361 bits per heavy atom. The van der Waals surface area contributed by atoms with E-state index in [4.69, 9.17) is 0 Å². The van der Waals surface area contributed by atoms with Gasteiger partial charge in [0.25, 0.3) is 0 Å². The second kappa shape index (κ2) is 14.9. The van der Waals surface area contributed by atoms with Crippen LogP contribution in [-0.4, -0.2) is 0 Å². The Morgan fingerprint density at radius 3 is 1.75 bits per heavy atom. The van der Waals surface area contributed by atoms with E-state index >= 15 is 0 Å². The minimum absolute atomic E-state index is 0.179. The van der Waals surface area contributed by atoms with E-state index in [1.807, 2.05) is 11.3 Å². The Kier molecular flexibility index (Phi) is 8.75. The summed E-state index contributed by atoms with van der Waals surface area (Å²) in [6, 6.07) is 72.6. The molecule has 0 saturated heterocycles. The molecule has 0 N–H and O–H groups in total. The van der Waals surface area contributed by atoms with Gasteiger partial charge < -0.3 is 0 Å². The van der Waals surface area contributed by atoms with E-state index in [0.29, 0.717) is 0 Å². The van der Waals surface area contributed by atoms with Crippen LogP contribution in [0.5, 0.6) is 0 Å². The fourth-order valence-corrected chi connectivity index (χ4v) is 11.6. The molecule has 8 aromatic carbocycles. The van der Waals surface area contributed by atoms with Gasteiger partial charge in [0, 0.05) is 43.8 Å². The molecule has 1 aromatic heterocycles. The molecule has 1 heteroatoms. The van der Waals surface area contributed by atoms with Crippen LogP contribution < -0.4 is 0 Å². The number of benzene rings is 8. The van der Waals surface area contributed by atoms with E-state index in [0.717, 1.165) is 0 Å². The summed E-state index contributed by atoms with van der Waals surface area (Å²) in [6.45, 7) is 0. The van der Waals surface area contributed by atoms with Gasteiger partial charge in [0.2, 0.25) is 0 Å². The first-order chi connectivity index (χ1) is 30.2. The highest BCUT2D eigenvalue weighted by Gasteiger charge is 2.36. The summed E-state index contributed by atoms with van der Waals surface area (Å²) in [7, 11) is 0. The predicted molar refractivity (Wildman–Crippen MR) is 259 cm³/mol. The van der Waals surface area contributed by atoms with Crippen molar-refractivity contribution in [2.45, 2.75) is 17.8 Å². The van der Waals surface area contributed by atoms with Crippen molar-refractivity contribution in [2.24, 2.45) is 5.92 Å². The lowest BCUT2D eigenvalue weighted by Gasteiger charge is -2.37. The van der Waals surface area contributed by atoms with Crippen molar-refractivity contribution in [3.05, 3.63) is 275 Å². The second-order valence-corrected chi connectivity index (χ2v) is 17.8. The molecule has 9 aromatic rings. The van der Waals surface area contributed by atoms with Gasteiger partial charge in [-0.25, -0.2) is 0 Å². The molecule has 0 bridgehead atoms. The summed E-state index contributed by atoms with van der Waals surface area (Å²) in [5.41, 5.74) is 18.5. The predicted octanol–water partition coefficient (Wildman–Crippen LogP) is 16.0. The number of hydrogen-bond donors (Lipinski definition) is 0. The largest absolute Gasteiger partial charge is 0.135 e. The van der Waals surface area contributed by atoms with Gasteiger partial charge in [-0.15, -0.1) is 11.3 Å². The summed E-state index contributed by atoms with van der Waals surface area (Å²) in [6.07, 6.45) is 14.1. The van der Waals surface area contributed by atoms with E-state index in [-0.39, 0.29) is 23.7 Å². The average molecular weight is 795 g/mol. The van der Waals surface area contributed by atoms with Gasteiger partial charge in [0.15, 0.2) is 0 Å². The molecule has 1 heterocycles. The lowest BCUT2D eigenvalue weighted by Crippen LogP contribution is -2.23. The van der Waals surface area contributed by atoms with E-state index in [1.54, 1.807) is 0 Å². The molecule has 0 aliphatic heterocycles. The van der Waals surface area contributed by atoms with Gasteiger partial charge in [-0.05, 0) is 102 Å². The first-order valence-electron chi connectivity index (χ1n) is 21.5. The van der Waals surface area contributed by atoms with Crippen LogP contribution in [0.15, 0.2) is 230 Å². The fourth-order valence-electron chi connectivity index (χ4n) is 10.5. The molecule has 0 spiro atoms. The molecule has 0 amide bonds. The molecule has 61 heavy (non-hydrogen) atoms. The third-order valence-corrected chi connectivity index (χ3v) is 14.5. The molecule has 0 saturated carbocycles. The van der Waals surface area contributed by atoms with Crippen LogP contribution in [0.25, 0.3) is 54.1 Å². The minimum Gasteiger partial charge on any atom is -0.135 e. The minimum atomic E-state index is 0.179. The zero-order valence-electron chi connectivity index (χ0n) is 33.7. The van der Waals surface area contributed by atoms with Crippen molar-refractivity contribution in [2.75, 3.05) is 0 Å². The Bertz CT molecular complexity index is 3260. The topological polar surface area (TPSA) is 0 Å². The number of fused-ring (bicyclic) bond motifs is 6. The van der Waals surface area contributed by atoms with Crippen LogP contribution in [0.3, 0.4) is 0 Å². The maximum absolute atomic E-state index is 2.48. The highest BCUT2D eigenvalue weighted by molar-refractivity contribution is 7.25. The zero-order valence-corrected chi connectivity index (χ0v) is 34.5. The first kappa shape index (κ1) is 35.8. The Labute approximate surface area is 361 Å². The summed E-state index contributed by atoms with van der Waals surface area (Å²) in [5, 5.41) is 2.65. The number of rotatable bonds is 6. The SMILES string of the molecule is C1=CC2=C(c3cccc(C4C=Cc5ccccc5C4c4ccccc4)c3)c3ccccc3C(c3cccc(-c4ccc5sc6ccc(-c7ccccc7)cc6c5c4)c3)C2C=C1. The monoisotopic (exact) mass is 794 g/mol. The van der Waals surface area contributed by atoms with Gasteiger partial charge in [0.1, 0.15) is 0 Å². The van der Waals surface area contributed by atoms with Crippen LogP contribution in [0, 0.1) is 5.92 Å². The molecular formula is C60H42S.